The van der Waals surface area contributed by atoms with Gasteiger partial charge in [-0.25, -0.2) is 8.78 Å². The summed E-state index contributed by atoms with van der Waals surface area (Å²) in [4.78, 5) is 0. The second-order valence-electron chi connectivity index (χ2n) is 3.69. The molecule has 0 amide bonds. The molecule has 1 N–H and O–H groups in total. The Morgan fingerprint density at radius 2 is 1.93 bits per heavy atom. The molecular weight excluding hydrogens is 184 g/mol. The van der Waals surface area contributed by atoms with Crippen molar-refractivity contribution in [2.75, 3.05) is 13.1 Å². The Balaban J connectivity index is 2.24. The molecule has 1 aliphatic heterocycles. The van der Waals surface area contributed by atoms with E-state index in [-0.39, 0.29) is 6.54 Å². The van der Waals surface area contributed by atoms with Gasteiger partial charge in [0.1, 0.15) is 0 Å². The van der Waals surface area contributed by atoms with E-state index in [0.29, 0.717) is 13.0 Å². The summed E-state index contributed by atoms with van der Waals surface area (Å²) in [6.45, 7) is 0.474. The molecule has 0 aliphatic carbocycles. The zero-order valence-electron chi connectivity index (χ0n) is 7.84. The average Bonchev–Trinajstić information content (AvgIpc) is 2.18. The van der Waals surface area contributed by atoms with Gasteiger partial charge < -0.3 is 5.32 Å². The van der Waals surface area contributed by atoms with E-state index in [4.69, 9.17) is 0 Å². The number of hydrogen-bond acceptors (Lipinski definition) is 1. The van der Waals surface area contributed by atoms with Gasteiger partial charge in [-0.2, -0.15) is 0 Å². The summed E-state index contributed by atoms with van der Waals surface area (Å²) in [5, 5.41) is 2.72. The zero-order valence-corrected chi connectivity index (χ0v) is 7.84. The van der Waals surface area contributed by atoms with Crippen molar-refractivity contribution in [3.05, 3.63) is 35.9 Å². The first kappa shape index (κ1) is 9.59. The smallest absolute Gasteiger partial charge is 0.267 e. The SMILES string of the molecule is FC1(F)CNCCC1c1ccccc1. The summed E-state index contributed by atoms with van der Waals surface area (Å²) in [5.41, 5.74) is 0.749. The van der Waals surface area contributed by atoms with Crippen molar-refractivity contribution in [3.63, 3.8) is 0 Å². The maximum atomic E-state index is 13.5. The monoisotopic (exact) mass is 197 g/mol. The van der Waals surface area contributed by atoms with Crippen molar-refractivity contribution < 1.29 is 8.78 Å². The summed E-state index contributed by atoms with van der Waals surface area (Å²) in [6.07, 6.45) is 0.511. The van der Waals surface area contributed by atoms with Crippen LogP contribution in [0.1, 0.15) is 17.9 Å². The lowest BCUT2D eigenvalue weighted by molar-refractivity contribution is -0.0420. The molecule has 0 bridgehead atoms. The first-order chi connectivity index (χ1) is 6.70. The van der Waals surface area contributed by atoms with Crippen LogP contribution in [0.3, 0.4) is 0 Å². The molecule has 76 valence electrons. The fraction of sp³-hybridized carbons (Fsp3) is 0.455. The molecular formula is C11H13F2N. The third-order valence-electron chi connectivity index (χ3n) is 2.68. The van der Waals surface area contributed by atoms with Gasteiger partial charge in [0.05, 0.1) is 12.5 Å². The van der Waals surface area contributed by atoms with Crippen LogP contribution in [-0.2, 0) is 0 Å². The highest BCUT2D eigenvalue weighted by Gasteiger charge is 2.42. The molecule has 0 spiro atoms. The number of nitrogens with one attached hydrogen (secondary N) is 1. The van der Waals surface area contributed by atoms with Crippen molar-refractivity contribution in [2.24, 2.45) is 0 Å². The molecule has 0 aromatic heterocycles. The number of rotatable bonds is 1. The van der Waals surface area contributed by atoms with Crippen molar-refractivity contribution in [3.8, 4) is 0 Å². The van der Waals surface area contributed by atoms with E-state index in [1.54, 1.807) is 12.1 Å². The van der Waals surface area contributed by atoms with Crippen LogP contribution in [0.2, 0.25) is 0 Å². The lowest BCUT2D eigenvalue weighted by Gasteiger charge is -2.32. The van der Waals surface area contributed by atoms with Crippen LogP contribution in [0.25, 0.3) is 0 Å². The fourth-order valence-electron chi connectivity index (χ4n) is 1.93. The predicted molar refractivity (Wildman–Crippen MR) is 51.6 cm³/mol. The predicted octanol–water partition coefficient (Wildman–Crippen LogP) is 2.40. The fourth-order valence-corrected chi connectivity index (χ4v) is 1.93. The Kier molecular flexibility index (Phi) is 2.50. The van der Waals surface area contributed by atoms with E-state index in [1.165, 1.54) is 0 Å². The quantitative estimate of drug-likeness (QED) is 0.729. The Morgan fingerprint density at radius 3 is 2.57 bits per heavy atom. The van der Waals surface area contributed by atoms with Crippen molar-refractivity contribution in [2.45, 2.75) is 18.3 Å². The van der Waals surface area contributed by atoms with Gasteiger partial charge in [0, 0.05) is 0 Å². The highest BCUT2D eigenvalue weighted by molar-refractivity contribution is 5.22. The molecule has 1 saturated heterocycles. The minimum atomic E-state index is -2.61. The maximum absolute atomic E-state index is 13.5. The van der Waals surface area contributed by atoms with Crippen LogP contribution >= 0.6 is 0 Å². The number of hydrogen-bond donors (Lipinski definition) is 1. The molecule has 1 unspecified atom stereocenters. The van der Waals surface area contributed by atoms with E-state index < -0.39 is 11.8 Å². The van der Waals surface area contributed by atoms with E-state index in [1.807, 2.05) is 18.2 Å². The Hall–Kier alpha value is -0.960. The van der Waals surface area contributed by atoms with Crippen LogP contribution in [0, 0.1) is 0 Å². The van der Waals surface area contributed by atoms with E-state index in [0.717, 1.165) is 5.56 Å². The van der Waals surface area contributed by atoms with Crippen molar-refractivity contribution in [1.29, 1.82) is 0 Å². The van der Waals surface area contributed by atoms with E-state index in [9.17, 15) is 8.78 Å². The van der Waals surface area contributed by atoms with Gasteiger partial charge in [-0.3, -0.25) is 0 Å². The Morgan fingerprint density at radius 1 is 1.21 bits per heavy atom. The molecule has 1 fully saturated rings. The van der Waals surface area contributed by atoms with Gasteiger partial charge in [0.25, 0.3) is 5.92 Å². The summed E-state index contributed by atoms with van der Waals surface area (Å²) in [7, 11) is 0. The molecule has 2 rings (SSSR count). The molecule has 14 heavy (non-hydrogen) atoms. The topological polar surface area (TPSA) is 12.0 Å². The number of alkyl halides is 2. The summed E-state index contributed by atoms with van der Waals surface area (Å²) in [5.74, 6) is -3.23. The van der Waals surface area contributed by atoms with Crippen LogP contribution in [0.4, 0.5) is 8.78 Å². The van der Waals surface area contributed by atoms with Gasteiger partial charge in [-0.15, -0.1) is 0 Å². The van der Waals surface area contributed by atoms with Crippen molar-refractivity contribution in [1.82, 2.24) is 5.32 Å². The Labute approximate surface area is 82.1 Å². The van der Waals surface area contributed by atoms with Gasteiger partial charge in [0.15, 0.2) is 0 Å². The molecule has 1 heterocycles. The third kappa shape index (κ3) is 1.77. The normalized spacial score (nSPS) is 26.0. The molecule has 1 nitrogen and oxygen atoms in total. The number of benzene rings is 1. The minimum Gasteiger partial charge on any atom is -0.311 e. The average molecular weight is 197 g/mol. The van der Waals surface area contributed by atoms with Crippen molar-refractivity contribution >= 4 is 0 Å². The number of halogens is 2. The van der Waals surface area contributed by atoms with Crippen LogP contribution < -0.4 is 5.32 Å². The van der Waals surface area contributed by atoms with Gasteiger partial charge in [0.2, 0.25) is 0 Å². The second kappa shape index (κ2) is 3.65. The molecule has 0 saturated carbocycles. The molecule has 1 aliphatic rings. The summed E-state index contributed by atoms with van der Waals surface area (Å²) >= 11 is 0. The highest BCUT2D eigenvalue weighted by Crippen LogP contribution is 2.37. The third-order valence-corrected chi connectivity index (χ3v) is 2.68. The summed E-state index contributed by atoms with van der Waals surface area (Å²) in [6, 6.07) is 9.04. The second-order valence-corrected chi connectivity index (χ2v) is 3.69. The standard InChI is InChI=1S/C11H13F2N/c12-11(13)8-14-7-6-10(11)9-4-2-1-3-5-9/h1-5,10,14H,6-8H2. The lowest BCUT2D eigenvalue weighted by atomic mass is 9.87. The molecule has 3 heteroatoms. The molecule has 1 aromatic carbocycles. The molecule has 0 radical (unpaired) electrons. The van der Waals surface area contributed by atoms with Crippen LogP contribution in [0.15, 0.2) is 30.3 Å². The first-order valence-electron chi connectivity index (χ1n) is 4.83. The molecule has 1 atom stereocenters. The molecule has 1 aromatic rings. The lowest BCUT2D eigenvalue weighted by Crippen LogP contribution is -2.44. The van der Waals surface area contributed by atoms with Crippen LogP contribution in [0.5, 0.6) is 0 Å². The van der Waals surface area contributed by atoms with Gasteiger partial charge in [-0.05, 0) is 18.5 Å². The zero-order chi connectivity index (χ0) is 10.0. The minimum absolute atomic E-state index is 0.202. The largest absolute Gasteiger partial charge is 0.311 e. The van der Waals surface area contributed by atoms with Gasteiger partial charge in [-0.1, -0.05) is 30.3 Å². The highest BCUT2D eigenvalue weighted by atomic mass is 19.3. The van der Waals surface area contributed by atoms with Gasteiger partial charge >= 0.3 is 0 Å². The maximum Gasteiger partial charge on any atom is 0.267 e. The Bertz CT molecular complexity index is 297. The summed E-state index contributed by atoms with van der Waals surface area (Å²) < 4.78 is 27.0. The van der Waals surface area contributed by atoms with E-state index in [2.05, 4.69) is 5.32 Å². The first-order valence-corrected chi connectivity index (χ1v) is 4.83. The number of piperidine rings is 1. The van der Waals surface area contributed by atoms with E-state index >= 15 is 0 Å². The van der Waals surface area contributed by atoms with Crippen LogP contribution in [-0.4, -0.2) is 19.0 Å².